The molecule has 4 aromatic carbocycles. The van der Waals surface area contributed by atoms with E-state index in [1.54, 1.807) is 63.6 Å². The van der Waals surface area contributed by atoms with E-state index in [2.05, 4.69) is 10.2 Å². The number of hydrogen-bond donors (Lipinski definition) is 1. The molecule has 0 spiro atoms. The van der Waals surface area contributed by atoms with Crippen LogP contribution in [0.25, 0.3) is 11.5 Å². The average Bonchev–Trinajstić information content (AvgIpc) is 3.86. The van der Waals surface area contributed by atoms with Gasteiger partial charge < -0.3 is 29.0 Å². The third-order valence-corrected chi connectivity index (χ3v) is 11.0. The maximum Gasteiger partial charge on any atom is 0.324 e. The molecule has 2 aliphatic rings. The molecule has 1 N–H and O–H groups in total. The number of piperidine rings is 2. The van der Waals surface area contributed by atoms with Gasteiger partial charge in [0.15, 0.2) is 5.78 Å². The standard InChI is InChI=1S/C24H26F3N3O4.C23H23F3N4O3/c1-34-19-7-5-6-18(13-19)30(24(33)29-10-3-2-4-11-29)15-17-9-8-16(12-20(17)25)21(31)14-28-23(32)22(26)27;1-32-18-7-5-6-17(13-18)30(23(31)29-10-3-2-4-11-29)14-16-9-8-15(12-19(16)24)21-27-28-22(33-21)20(25)26/h5-9,12-13,22H,2-4,10-11,14-15H2,1H3,(H,28,32);5-9,12-13,20H,2-4,10-11,14H2,1H3. The van der Waals surface area contributed by atoms with E-state index in [9.17, 15) is 41.1 Å². The molecule has 14 nitrogen and oxygen atoms in total. The second kappa shape index (κ2) is 23.4. The summed E-state index contributed by atoms with van der Waals surface area (Å²) in [6.07, 6.45) is -0.403. The van der Waals surface area contributed by atoms with Crippen molar-refractivity contribution in [2.75, 3.05) is 56.7 Å². The minimum absolute atomic E-state index is 0.0271. The second-order valence-corrected chi connectivity index (χ2v) is 15.5. The number of methoxy groups -OCH3 is 2. The number of aromatic nitrogens is 2. The third-order valence-electron chi connectivity index (χ3n) is 11.0. The number of likely N-dealkylation sites (tertiary alicyclic amines) is 2. The number of Topliss-reactive ketones (excluding diaryl/α,β-unsaturated/α-hetero) is 1. The van der Waals surface area contributed by atoms with Gasteiger partial charge in [0, 0.05) is 71.9 Å². The number of ether oxygens (including phenoxy) is 2. The van der Waals surface area contributed by atoms with Gasteiger partial charge in [-0.1, -0.05) is 30.3 Å². The van der Waals surface area contributed by atoms with E-state index >= 15 is 4.39 Å². The SMILES string of the molecule is COc1cccc(N(Cc2ccc(-c3nnc(C(F)F)o3)cc2F)C(=O)N2CCCCC2)c1.COc1cccc(N(Cc2ccc(C(=O)CNC(=O)C(F)F)cc2F)C(=O)N2CCCCC2)c1. The van der Waals surface area contributed by atoms with Gasteiger partial charge in [-0.05, 0) is 81.0 Å². The summed E-state index contributed by atoms with van der Waals surface area (Å²) in [5.74, 6) is -3.55. The first-order valence-corrected chi connectivity index (χ1v) is 21.4. The highest BCUT2D eigenvalue weighted by Gasteiger charge is 2.28. The highest BCUT2D eigenvalue weighted by molar-refractivity contribution is 5.99. The summed E-state index contributed by atoms with van der Waals surface area (Å²) < 4.78 is 95.4. The van der Waals surface area contributed by atoms with Crippen LogP contribution in [0, 0.1) is 11.6 Å². The molecule has 7 rings (SSSR count). The van der Waals surface area contributed by atoms with Gasteiger partial charge in [-0.15, -0.1) is 10.2 Å². The van der Waals surface area contributed by atoms with Gasteiger partial charge in [0.1, 0.15) is 23.1 Å². The maximum absolute atomic E-state index is 15.0. The zero-order chi connectivity index (χ0) is 48.0. The highest BCUT2D eigenvalue weighted by Crippen LogP contribution is 2.30. The van der Waals surface area contributed by atoms with Crippen LogP contribution in [0.2, 0.25) is 0 Å². The lowest BCUT2D eigenvalue weighted by Gasteiger charge is -2.33. The van der Waals surface area contributed by atoms with Crippen LogP contribution in [0.1, 0.15) is 72.3 Å². The molecule has 20 heteroatoms. The molecule has 5 amide bonds. The summed E-state index contributed by atoms with van der Waals surface area (Å²) in [5, 5.41) is 8.61. The lowest BCUT2D eigenvalue weighted by Crippen LogP contribution is -2.45. The largest absolute Gasteiger partial charge is 0.497 e. The van der Waals surface area contributed by atoms with Crippen molar-refractivity contribution in [3.8, 4) is 23.0 Å². The predicted octanol–water partition coefficient (Wildman–Crippen LogP) is 9.45. The number of amides is 5. The zero-order valence-corrected chi connectivity index (χ0v) is 36.7. The molecule has 67 heavy (non-hydrogen) atoms. The third kappa shape index (κ3) is 13.0. The number of ketones is 1. The normalized spacial score (nSPS) is 13.7. The van der Waals surface area contributed by atoms with Crippen molar-refractivity contribution in [2.24, 2.45) is 0 Å². The van der Waals surface area contributed by atoms with Crippen LogP contribution >= 0.6 is 0 Å². The van der Waals surface area contributed by atoms with Crippen molar-refractivity contribution in [1.82, 2.24) is 25.3 Å². The van der Waals surface area contributed by atoms with Gasteiger partial charge in [-0.25, -0.2) is 18.4 Å². The summed E-state index contributed by atoms with van der Waals surface area (Å²) in [6.45, 7) is 1.71. The minimum Gasteiger partial charge on any atom is -0.497 e. The van der Waals surface area contributed by atoms with Crippen LogP contribution in [0.3, 0.4) is 0 Å². The van der Waals surface area contributed by atoms with Crippen LogP contribution in [-0.4, -0.2) is 97.1 Å². The first-order valence-electron chi connectivity index (χ1n) is 21.4. The number of rotatable bonds is 14. The molecule has 0 aliphatic carbocycles. The fourth-order valence-electron chi connectivity index (χ4n) is 7.39. The molecule has 0 radical (unpaired) electrons. The fourth-order valence-corrected chi connectivity index (χ4v) is 7.39. The minimum atomic E-state index is -3.24. The van der Waals surface area contributed by atoms with Gasteiger partial charge in [0.05, 0.1) is 33.9 Å². The number of hydrogen-bond acceptors (Lipinski definition) is 9. The highest BCUT2D eigenvalue weighted by atomic mass is 19.3. The number of benzene rings is 4. The Hall–Kier alpha value is -7.12. The molecule has 0 atom stereocenters. The maximum atomic E-state index is 15.0. The number of halogens is 6. The first-order chi connectivity index (χ1) is 32.3. The van der Waals surface area contributed by atoms with Crippen molar-refractivity contribution in [3.63, 3.8) is 0 Å². The molecule has 0 saturated carbocycles. The van der Waals surface area contributed by atoms with E-state index in [1.807, 2.05) is 0 Å². The predicted molar refractivity (Wildman–Crippen MR) is 234 cm³/mol. The van der Waals surface area contributed by atoms with Crippen molar-refractivity contribution in [1.29, 1.82) is 0 Å². The number of nitrogens with zero attached hydrogens (tertiary/aromatic N) is 6. The summed E-state index contributed by atoms with van der Waals surface area (Å²) in [7, 11) is 3.04. The number of nitrogens with one attached hydrogen (secondary N) is 1. The Balaban J connectivity index is 0.000000221. The Morgan fingerprint density at radius 2 is 1.18 bits per heavy atom. The van der Waals surface area contributed by atoms with E-state index in [0.717, 1.165) is 50.7 Å². The molecule has 2 fully saturated rings. The Morgan fingerprint density at radius 1 is 0.672 bits per heavy atom. The fraction of sp³-hybridized carbons (Fsp3) is 0.362. The van der Waals surface area contributed by atoms with E-state index in [4.69, 9.17) is 13.9 Å². The van der Waals surface area contributed by atoms with E-state index < -0.39 is 48.6 Å². The Kier molecular flexibility index (Phi) is 17.2. The second-order valence-electron chi connectivity index (χ2n) is 15.5. The van der Waals surface area contributed by atoms with Crippen LogP contribution in [0.5, 0.6) is 11.5 Å². The topological polar surface area (TPSA) is 151 Å². The van der Waals surface area contributed by atoms with Gasteiger partial charge in [0.2, 0.25) is 5.89 Å². The van der Waals surface area contributed by atoms with Crippen molar-refractivity contribution in [2.45, 2.75) is 64.5 Å². The number of carbonyl (C=O) groups excluding carboxylic acids is 4. The monoisotopic (exact) mass is 937 g/mol. The lowest BCUT2D eigenvalue weighted by atomic mass is 10.1. The Morgan fingerprint density at radius 3 is 1.63 bits per heavy atom. The number of carbonyl (C=O) groups is 4. The van der Waals surface area contributed by atoms with Gasteiger partial charge in [0.25, 0.3) is 11.8 Å². The zero-order valence-electron chi connectivity index (χ0n) is 36.7. The summed E-state index contributed by atoms with van der Waals surface area (Å²) >= 11 is 0. The van der Waals surface area contributed by atoms with Gasteiger partial charge >= 0.3 is 24.9 Å². The van der Waals surface area contributed by atoms with Crippen LogP contribution in [0.4, 0.5) is 47.3 Å². The van der Waals surface area contributed by atoms with Crippen molar-refractivity contribution in [3.05, 3.63) is 119 Å². The summed E-state index contributed by atoms with van der Waals surface area (Å²) in [5.41, 5.74) is 1.62. The Labute approximate surface area is 382 Å². The van der Waals surface area contributed by atoms with Gasteiger partial charge in [-0.3, -0.25) is 19.4 Å². The van der Waals surface area contributed by atoms with E-state index in [0.29, 0.717) is 49.1 Å². The molecule has 356 valence electrons. The molecule has 0 unspecified atom stereocenters. The molecule has 2 aliphatic heterocycles. The quantitative estimate of drug-likeness (QED) is 0.0849. The average molecular weight is 938 g/mol. The van der Waals surface area contributed by atoms with Crippen LogP contribution < -0.4 is 24.6 Å². The first kappa shape index (κ1) is 49.3. The molecule has 5 aromatic rings. The molecule has 2 saturated heterocycles. The number of anilines is 2. The molecular formula is C47H49F6N7O7. The van der Waals surface area contributed by atoms with Crippen molar-refractivity contribution < 1.29 is 59.4 Å². The Bertz CT molecular complexity index is 2500. The van der Waals surface area contributed by atoms with Gasteiger partial charge in [-0.2, -0.15) is 17.6 Å². The van der Waals surface area contributed by atoms with Crippen LogP contribution in [0.15, 0.2) is 89.3 Å². The number of urea groups is 2. The molecule has 0 bridgehead atoms. The molecule has 1 aromatic heterocycles. The summed E-state index contributed by atoms with van der Waals surface area (Å²) in [6, 6.07) is 21.2. The van der Waals surface area contributed by atoms with Crippen LogP contribution in [-0.2, 0) is 17.9 Å². The molecular weight excluding hydrogens is 889 g/mol. The van der Waals surface area contributed by atoms with E-state index in [-0.39, 0.29) is 53.3 Å². The molecule has 3 heterocycles. The lowest BCUT2D eigenvalue weighted by molar-refractivity contribution is -0.131. The van der Waals surface area contributed by atoms with Crippen molar-refractivity contribution >= 4 is 35.1 Å². The van der Waals surface area contributed by atoms with E-state index in [1.165, 1.54) is 48.3 Å². The summed E-state index contributed by atoms with van der Waals surface area (Å²) in [4.78, 5) is 56.2. The smallest absolute Gasteiger partial charge is 0.324 e. The number of alkyl halides is 4.